The molecule has 0 radical (unpaired) electrons. The molecule has 6 nitrogen and oxygen atoms in total. The number of halogens is 1. The normalized spacial score (nSPS) is 16.4. The summed E-state index contributed by atoms with van der Waals surface area (Å²) in [4.78, 5) is 9.28. The van der Waals surface area contributed by atoms with Crippen molar-refractivity contribution in [2.24, 2.45) is 5.14 Å². The van der Waals surface area contributed by atoms with Crippen LogP contribution in [0.2, 0.25) is 0 Å². The van der Waals surface area contributed by atoms with Crippen LogP contribution in [0.1, 0.15) is 24.8 Å². The number of nitrogens with zero attached hydrogens (tertiary/aromatic N) is 2. The molecule has 0 spiro atoms. The van der Waals surface area contributed by atoms with Crippen LogP contribution >= 0.6 is 15.9 Å². The first-order valence-corrected chi connectivity index (χ1v) is 11.6. The molecule has 146 valence electrons. The van der Waals surface area contributed by atoms with E-state index >= 15 is 0 Å². The molecule has 2 aromatic carbocycles. The number of anilines is 1. The standard InChI is InChI=1S/C20H21BrN4O2S/c1-28(22,26)15-7-2-4-13(8-15)11-27-19-10-18-16(9-17(19)21)20(24-12-23-18)25-14-5-3-6-14/h2,4,7-10,12,14H,1,3,5-6,11H2,(H2,22,26)(H,23,24,25). The number of ether oxygens (including phenoxy) is 1. The average Bonchev–Trinajstić information content (AvgIpc) is 2.63. The molecule has 0 bridgehead atoms. The Morgan fingerprint density at radius 1 is 1.29 bits per heavy atom. The molecular formula is C20H21BrN4O2S. The Kier molecular flexibility index (Phi) is 5.27. The SMILES string of the molecule is C=S(N)(=O)c1cccc(COc2cc3ncnc(NC4CCC4)c3cc2Br)c1. The van der Waals surface area contributed by atoms with Gasteiger partial charge in [-0.2, -0.15) is 0 Å². The maximum Gasteiger partial charge on any atom is 0.137 e. The van der Waals surface area contributed by atoms with E-state index in [2.05, 4.69) is 37.1 Å². The van der Waals surface area contributed by atoms with Crippen LogP contribution in [0.25, 0.3) is 10.9 Å². The van der Waals surface area contributed by atoms with Gasteiger partial charge in [-0.3, -0.25) is 5.14 Å². The van der Waals surface area contributed by atoms with E-state index in [1.807, 2.05) is 18.2 Å². The van der Waals surface area contributed by atoms with Crippen molar-refractivity contribution in [3.8, 4) is 5.75 Å². The van der Waals surface area contributed by atoms with Crippen molar-refractivity contribution < 1.29 is 8.95 Å². The smallest absolute Gasteiger partial charge is 0.137 e. The van der Waals surface area contributed by atoms with Crippen LogP contribution < -0.4 is 15.2 Å². The Hall–Kier alpha value is -2.16. The molecule has 3 aromatic rings. The third-order valence-corrected chi connectivity index (χ3v) is 6.50. The van der Waals surface area contributed by atoms with Crippen molar-refractivity contribution in [3.05, 3.63) is 52.8 Å². The summed E-state index contributed by atoms with van der Waals surface area (Å²) in [6.45, 7) is 0.311. The zero-order valence-electron chi connectivity index (χ0n) is 15.2. The number of nitrogens with two attached hydrogens (primary N) is 1. The summed E-state index contributed by atoms with van der Waals surface area (Å²) >= 11 is 3.58. The summed E-state index contributed by atoms with van der Waals surface area (Å²) in [5.41, 5.74) is 1.67. The molecule has 1 unspecified atom stereocenters. The van der Waals surface area contributed by atoms with Gasteiger partial charge in [-0.1, -0.05) is 12.1 Å². The fourth-order valence-corrected chi connectivity index (χ4v) is 4.16. The molecule has 1 fully saturated rings. The van der Waals surface area contributed by atoms with Crippen molar-refractivity contribution in [2.45, 2.75) is 36.8 Å². The Morgan fingerprint density at radius 2 is 2.11 bits per heavy atom. The van der Waals surface area contributed by atoms with Crippen LogP contribution in [0.4, 0.5) is 5.82 Å². The fraction of sp³-hybridized carbons (Fsp3) is 0.250. The van der Waals surface area contributed by atoms with Crippen LogP contribution in [-0.4, -0.2) is 26.1 Å². The number of nitrogens with one attached hydrogen (secondary N) is 1. The van der Waals surface area contributed by atoms with Crippen LogP contribution in [0, 0.1) is 0 Å². The third-order valence-electron chi connectivity index (χ3n) is 4.83. The lowest BCUT2D eigenvalue weighted by atomic mass is 9.93. The molecule has 28 heavy (non-hydrogen) atoms. The summed E-state index contributed by atoms with van der Waals surface area (Å²) < 4.78 is 18.7. The third kappa shape index (κ3) is 4.14. The second kappa shape index (κ2) is 7.69. The Balaban J connectivity index is 1.57. The van der Waals surface area contributed by atoms with Crippen molar-refractivity contribution >= 4 is 48.2 Å². The number of benzene rings is 2. The lowest BCUT2D eigenvalue weighted by Crippen LogP contribution is -2.27. The van der Waals surface area contributed by atoms with E-state index in [4.69, 9.17) is 9.88 Å². The Morgan fingerprint density at radius 3 is 2.82 bits per heavy atom. The highest BCUT2D eigenvalue weighted by molar-refractivity contribution is 9.10. The molecule has 1 atom stereocenters. The highest BCUT2D eigenvalue weighted by Gasteiger charge is 2.19. The zero-order valence-corrected chi connectivity index (χ0v) is 17.6. The van der Waals surface area contributed by atoms with Gasteiger partial charge in [0.25, 0.3) is 0 Å². The van der Waals surface area contributed by atoms with Gasteiger partial charge in [-0.25, -0.2) is 14.2 Å². The van der Waals surface area contributed by atoms with Crippen LogP contribution in [0.15, 0.2) is 52.1 Å². The predicted octanol–water partition coefficient (Wildman–Crippen LogP) is 3.88. The minimum atomic E-state index is -2.75. The first-order valence-electron chi connectivity index (χ1n) is 8.98. The van der Waals surface area contributed by atoms with Crippen molar-refractivity contribution in [2.75, 3.05) is 5.32 Å². The van der Waals surface area contributed by atoms with Gasteiger partial charge in [-0.15, -0.1) is 0 Å². The van der Waals surface area contributed by atoms with Gasteiger partial charge < -0.3 is 10.1 Å². The zero-order chi connectivity index (χ0) is 19.7. The van der Waals surface area contributed by atoms with Gasteiger partial charge in [0.1, 0.15) is 24.5 Å². The number of hydrogen-bond donors (Lipinski definition) is 2. The second-order valence-corrected chi connectivity index (χ2v) is 9.73. The van der Waals surface area contributed by atoms with E-state index < -0.39 is 9.71 Å². The van der Waals surface area contributed by atoms with E-state index in [9.17, 15) is 4.21 Å². The minimum absolute atomic E-state index is 0.311. The monoisotopic (exact) mass is 460 g/mol. The van der Waals surface area contributed by atoms with Crippen molar-refractivity contribution in [3.63, 3.8) is 0 Å². The molecule has 1 aliphatic rings. The Labute approximate surface area is 172 Å². The van der Waals surface area contributed by atoms with Gasteiger partial charge in [0.2, 0.25) is 0 Å². The summed E-state index contributed by atoms with van der Waals surface area (Å²) in [6.07, 6.45) is 5.18. The molecule has 8 heteroatoms. The molecule has 0 saturated heterocycles. The molecule has 1 aromatic heterocycles. The van der Waals surface area contributed by atoms with E-state index in [1.54, 1.807) is 24.5 Å². The van der Waals surface area contributed by atoms with E-state index in [0.717, 1.165) is 26.8 Å². The van der Waals surface area contributed by atoms with Gasteiger partial charge in [-0.05, 0) is 64.8 Å². The van der Waals surface area contributed by atoms with E-state index in [0.29, 0.717) is 23.3 Å². The van der Waals surface area contributed by atoms with E-state index in [1.165, 1.54) is 19.3 Å². The molecule has 1 aliphatic carbocycles. The predicted molar refractivity (Wildman–Crippen MR) is 117 cm³/mol. The molecular weight excluding hydrogens is 440 g/mol. The number of aromatic nitrogens is 2. The first-order chi connectivity index (χ1) is 13.4. The second-order valence-electron chi connectivity index (χ2n) is 6.96. The largest absolute Gasteiger partial charge is 0.488 e. The fourth-order valence-electron chi connectivity index (χ4n) is 3.04. The van der Waals surface area contributed by atoms with Gasteiger partial charge in [0, 0.05) is 22.4 Å². The summed E-state index contributed by atoms with van der Waals surface area (Å²) in [6, 6.07) is 11.5. The first kappa shape index (κ1) is 19.2. The molecule has 1 saturated carbocycles. The van der Waals surface area contributed by atoms with Crippen molar-refractivity contribution in [1.82, 2.24) is 9.97 Å². The van der Waals surface area contributed by atoms with Crippen molar-refractivity contribution in [1.29, 1.82) is 0 Å². The maximum absolute atomic E-state index is 11.9. The highest BCUT2D eigenvalue weighted by Crippen LogP contribution is 2.34. The van der Waals surface area contributed by atoms with Gasteiger partial charge in [0.15, 0.2) is 0 Å². The quantitative estimate of drug-likeness (QED) is 0.544. The van der Waals surface area contributed by atoms with E-state index in [-0.39, 0.29) is 0 Å². The van der Waals surface area contributed by atoms with Crippen LogP contribution in [0.5, 0.6) is 5.75 Å². The van der Waals surface area contributed by atoms with Crippen LogP contribution in [-0.2, 0) is 16.3 Å². The topological polar surface area (TPSA) is 90.1 Å². The molecule has 0 amide bonds. The lowest BCUT2D eigenvalue weighted by molar-refractivity contribution is 0.304. The molecule has 0 aliphatic heterocycles. The Bertz CT molecular complexity index is 1130. The van der Waals surface area contributed by atoms with Crippen LogP contribution in [0.3, 0.4) is 0 Å². The maximum atomic E-state index is 11.9. The summed E-state index contributed by atoms with van der Waals surface area (Å²) in [5.74, 6) is 5.05. The number of rotatable bonds is 6. The molecule has 1 heterocycles. The lowest BCUT2D eigenvalue weighted by Gasteiger charge is -2.27. The summed E-state index contributed by atoms with van der Waals surface area (Å²) in [5, 5.41) is 10.1. The number of hydrogen-bond acceptors (Lipinski definition) is 5. The average molecular weight is 461 g/mol. The molecule has 4 rings (SSSR count). The minimum Gasteiger partial charge on any atom is -0.488 e. The number of fused-ring (bicyclic) bond motifs is 1. The van der Waals surface area contributed by atoms with Gasteiger partial charge >= 0.3 is 0 Å². The van der Waals surface area contributed by atoms with Gasteiger partial charge in [0.05, 0.1) is 19.7 Å². The summed E-state index contributed by atoms with van der Waals surface area (Å²) in [7, 11) is -2.75. The highest BCUT2D eigenvalue weighted by atomic mass is 79.9. The molecule has 3 N–H and O–H groups in total.